The molecule has 3 aliphatic rings. The van der Waals surface area contributed by atoms with Gasteiger partial charge in [-0.05, 0) is 35.5 Å². The minimum Gasteiger partial charge on any atom is -0.313 e. The highest BCUT2D eigenvalue weighted by molar-refractivity contribution is 5.17. The van der Waals surface area contributed by atoms with E-state index in [2.05, 4.69) is 26.1 Å². The molecule has 1 heteroatoms. The molecule has 2 aliphatic carbocycles. The normalized spacial score (nSPS) is 67.8. The van der Waals surface area contributed by atoms with Crippen LogP contribution in [0.25, 0.3) is 0 Å². The number of nitrogens with one attached hydrogen (secondary N) is 1. The fourth-order valence-corrected chi connectivity index (χ4v) is 4.43. The Hall–Kier alpha value is -0.0400. The highest BCUT2D eigenvalue weighted by Crippen LogP contribution is 2.67. The Balaban J connectivity index is 2.08. The molecule has 3 rings (SSSR count). The van der Waals surface area contributed by atoms with Crippen molar-refractivity contribution in [3.05, 3.63) is 0 Å². The molecule has 1 heterocycles. The Kier molecular flexibility index (Phi) is 1.07. The van der Waals surface area contributed by atoms with Gasteiger partial charge in [0.05, 0.1) is 0 Å². The molecule has 1 aliphatic heterocycles. The monoisotopic (exact) mass is 165 g/mol. The summed E-state index contributed by atoms with van der Waals surface area (Å²) in [5.74, 6) is 1.91. The summed E-state index contributed by atoms with van der Waals surface area (Å²) in [6.07, 6.45) is 2.96. The van der Waals surface area contributed by atoms with E-state index in [1.165, 1.54) is 19.4 Å². The van der Waals surface area contributed by atoms with E-state index in [-0.39, 0.29) is 0 Å². The van der Waals surface area contributed by atoms with Gasteiger partial charge in [-0.15, -0.1) is 0 Å². The SMILES string of the molecule is CC1C2NCC3(C)CC1(C)CC23. The molecule has 1 nitrogen and oxygen atoms in total. The molecule has 0 aromatic heterocycles. The van der Waals surface area contributed by atoms with Crippen LogP contribution in [-0.2, 0) is 0 Å². The lowest BCUT2D eigenvalue weighted by atomic mass is 9.68. The Morgan fingerprint density at radius 3 is 2.58 bits per heavy atom. The summed E-state index contributed by atoms with van der Waals surface area (Å²) in [4.78, 5) is 0. The average molecular weight is 165 g/mol. The molecule has 5 atom stereocenters. The smallest absolute Gasteiger partial charge is 0.0132 e. The third-order valence-electron chi connectivity index (χ3n) is 5.20. The first-order valence-corrected chi connectivity index (χ1v) is 5.29. The predicted octanol–water partition coefficient (Wildman–Crippen LogP) is 2.03. The summed E-state index contributed by atoms with van der Waals surface area (Å²) < 4.78 is 0. The van der Waals surface area contributed by atoms with E-state index in [1.54, 1.807) is 0 Å². The van der Waals surface area contributed by atoms with Gasteiger partial charge in [0.2, 0.25) is 0 Å². The maximum atomic E-state index is 3.73. The molecular formula is C11H19N. The van der Waals surface area contributed by atoms with Gasteiger partial charge in [-0.25, -0.2) is 0 Å². The molecule has 12 heavy (non-hydrogen) atoms. The third kappa shape index (κ3) is 0.585. The molecule has 2 saturated carbocycles. The first-order valence-electron chi connectivity index (χ1n) is 5.29. The maximum absolute atomic E-state index is 3.73. The molecule has 3 fully saturated rings. The fraction of sp³-hybridized carbons (Fsp3) is 1.00. The van der Waals surface area contributed by atoms with Crippen LogP contribution in [0.3, 0.4) is 0 Å². The van der Waals surface area contributed by atoms with Crippen LogP contribution in [0.15, 0.2) is 0 Å². The number of fused-ring (bicyclic) bond motifs is 1. The van der Waals surface area contributed by atoms with Crippen LogP contribution in [0.2, 0.25) is 0 Å². The second-order valence-electron chi connectivity index (χ2n) is 5.99. The van der Waals surface area contributed by atoms with E-state index in [0.29, 0.717) is 10.8 Å². The lowest BCUT2D eigenvalue weighted by Crippen LogP contribution is -2.36. The Labute approximate surface area is 74.9 Å². The van der Waals surface area contributed by atoms with Crippen LogP contribution in [0, 0.1) is 22.7 Å². The van der Waals surface area contributed by atoms with Crippen molar-refractivity contribution in [3.8, 4) is 0 Å². The van der Waals surface area contributed by atoms with Crippen LogP contribution in [-0.4, -0.2) is 12.6 Å². The topological polar surface area (TPSA) is 12.0 Å². The zero-order chi connectivity index (χ0) is 8.56. The van der Waals surface area contributed by atoms with Crippen LogP contribution in [0.4, 0.5) is 0 Å². The molecule has 2 bridgehead atoms. The highest BCUT2D eigenvalue weighted by Gasteiger charge is 2.65. The van der Waals surface area contributed by atoms with Crippen LogP contribution in [0.1, 0.15) is 33.6 Å². The van der Waals surface area contributed by atoms with E-state index in [9.17, 15) is 0 Å². The van der Waals surface area contributed by atoms with Crippen molar-refractivity contribution in [2.45, 2.75) is 39.7 Å². The second-order valence-corrected chi connectivity index (χ2v) is 5.99. The van der Waals surface area contributed by atoms with Crippen molar-refractivity contribution in [1.82, 2.24) is 5.32 Å². The summed E-state index contributed by atoms with van der Waals surface area (Å²) in [5.41, 5.74) is 1.33. The van der Waals surface area contributed by atoms with Crippen LogP contribution in [0.5, 0.6) is 0 Å². The quantitative estimate of drug-likeness (QED) is 0.579. The molecule has 0 radical (unpaired) electrons. The Bertz CT molecular complexity index is 237. The van der Waals surface area contributed by atoms with Crippen molar-refractivity contribution >= 4 is 0 Å². The third-order valence-corrected chi connectivity index (χ3v) is 5.20. The Morgan fingerprint density at radius 2 is 2.00 bits per heavy atom. The zero-order valence-corrected chi connectivity index (χ0v) is 8.35. The van der Waals surface area contributed by atoms with Crippen molar-refractivity contribution < 1.29 is 0 Å². The predicted molar refractivity (Wildman–Crippen MR) is 49.9 cm³/mol. The molecule has 0 spiro atoms. The van der Waals surface area contributed by atoms with Crippen molar-refractivity contribution in [3.63, 3.8) is 0 Å². The number of hydrogen-bond donors (Lipinski definition) is 1. The van der Waals surface area contributed by atoms with Gasteiger partial charge in [0.15, 0.2) is 0 Å². The lowest BCUT2D eigenvalue weighted by molar-refractivity contribution is 0.147. The van der Waals surface area contributed by atoms with Crippen LogP contribution < -0.4 is 5.32 Å². The average Bonchev–Trinajstić information content (AvgIpc) is 2.43. The maximum Gasteiger partial charge on any atom is 0.0132 e. The first-order chi connectivity index (χ1) is 5.55. The molecule has 68 valence electrons. The zero-order valence-electron chi connectivity index (χ0n) is 8.35. The van der Waals surface area contributed by atoms with Crippen molar-refractivity contribution in [2.75, 3.05) is 6.54 Å². The van der Waals surface area contributed by atoms with Gasteiger partial charge >= 0.3 is 0 Å². The molecule has 1 N–H and O–H groups in total. The Morgan fingerprint density at radius 1 is 1.25 bits per heavy atom. The van der Waals surface area contributed by atoms with Gasteiger partial charge in [-0.1, -0.05) is 20.8 Å². The van der Waals surface area contributed by atoms with Crippen molar-refractivity contribution in [1.29, 1.82) is 0 Å². The number of hydrogen-bond acceptors (Lipinski definition) is 1. The number of rotatable bonds is 0. The second kappa shape index (κ2) is 1.75. The lowest BCUT2D eigenvalue weighted by Gasteiger charge is -2.36. The molecule has 1 saturated heterocycles. The molecular weight excluding hydrogens is 146 g/mol. The summed E-state index contributed by atoms with van der Waals surface area (Å²) >= 11 is 0. The summed E-state index contributed by atoms with van der Waals surface area (Å²) in [5, 5.41) is 3.73. The minimum atomic E-state index is 0.659. The van der Waals surface area contributed by atoms with E-state index in [4.69, 9.17) is 0 Å². The first kappa shape index (κ1) is 7.37. The molecule has 0 aromatic carbocycles. The van der Waals surface area contributed by atoms with E-state index >= 15 is 0 Å². The van der Waals surface area contributed by atoms with Gasteiger partial charge in [0.1, 0.15) is 0 Å². The van der Waals surface area contributed by atoms with E-state index in [1.807, 2.05) is 0 Å². The van der Waals surface area contributed by atoms with Gasteiger partial charge in [0, 0.05) is 12.6 Å². The van der Waals surface area contributed by atoms with E-state index in [0.717, 1.165) is 17.9 Å². The van der Waals surface area contributed by atoms with Gasteiger partial charge in [0.25, 0.3) is 0 Å². The molecule has 0 amide bonds. The largest absolute Gasteiger partial charge is 0.313 e. The van der Waals surface area contributed by atoms with Crippen LogP contribution >= 0.6 is 0 Å². The van der Waals surface area contributed by atoms with Gasteiger partial charge in [-0.3, -0.25) is 0 Å². The van der Waals surface area contributed by atoms with E-state index < -0.39 is 0 Å². The fourth-order valence-electron chi connectivity index (χ4n) is 4.43. The van der Waals surface area contributed by atoms with Crippen molar-refractivity contribution in [2.24, 2.45) is 22.7 Å². The van der Waals surface area contributed by atoms with Gasteiger partial charge < -0.3 is 5.32 Å². The molecule has 0 aromatic rings. The summed E-state index contributed by atoms with van der Waals surface area (Å²) in [7, 11) is 0. The highest BCUT2D eigenvalue weighted by atomic mass is 15.0. The molecule has 5 unspecified atom stereocenters. The standard InChI is InChI=1S/C11H19N/c1-7-9-8-4-10(7,2)5-11(8,3)6-12-9/h7-9,12H,4-6H2,1-3H3. The minimum absolute atomic E-state index is 0.659. The summed E-state index contributed by atoms with van der Waals surface area (Å²) in [6, 6.07) is 0.855. The summed E-state index contributed by atoms with van der Waals surface area (Å²) in [6.45, 7) is 8.72. The van der Waals surface area contributed by atoms with Gasteiger partial charge in [-0.2, -0.15) is 0 Å².